The number of hydrogen-bond donors (Lipinski definition) is 2. The van der Waals surface area contributed by atoms with Gasteiger partial charge in [0.05, 0.1) is 37.6 Å². The van der Waals surface area contributed by atoms with Crippen LogP contribution in [0.2, 0.25) is 18.1 Å². The number of anilines is 1. The highest BCUT2D eigenvalue weighted by molar-refractivity contribution is 6.74. The molecular formula is C36H53N3O8Si. The van der Waals surface area contributed by atoms with Crippen molar-refractivity contribution in [2.24, 2.45) is 11.8 Å². The Labute approximate surface area is 285 Å². The van der Waals surface area contributed by atoms with Gasteiger partial charge < -0.3 is 34.0 Å². The Morgan fingerprint density at radius 2 is 1.73 bits per heavy atom. The number of aliphatic hydroxyl groups excluding tert-OH is 1. The molecule has 3 aliphatic rings. The van der Waals surface area contributed by atoms with E-state index in [1.165, 1.54) is 0 Å². The van der Waals surface area contributed by atoms with Crippen LogP contribution in [0.3, 0.4) is 0 Å². The summed E-state index contributed by atoms with van der Waals surface area (Å²) in [6.45, 7) is 15.1. The molecule has 3 N–H and O–H groups in total. The first-order chi connectivity index (χ1) is 22.6. The number of unbranched alkanes of at least 4 members (excludes halogenated alkanes) is 2. The molecule has 2 aromatic rings. The molecule has 0 aliphatic heterocycles. The maximum absolute atomic E-state index is 15.5. The molecule has 4 atom stereocenters. The van der Waals surface area contributed by atoms with Crippen molar-refractivity contribution < 1.29 is 37.9 Å². The number of carbonyl (C=O) groups excluding carboxylic acids is 2. The number of rotatable bonds is 12. The van der Waals surface area contributed by atoms with E-state index in [2.05, 4.69) is 32.9 Å². The van der Waals surface area contributed by atoms with Gasteiger partial charge >= 0.3 is 0 Å². The maximum Gasteiger partial charge on any atom is 0.265 e. The van der Waals surface area contributed by atoms with E-state index in [0.29, 0.717) is 60.1 Å². The number of fused-ring (bicyclic) bond motifs is 4. The molecule has 0 spiro atoms. The highest BCUT2D eigenvalue weighted by Crippen LogP contribution is 2.59. The molecule has 0 radical (unpaired) electrons. The lowest BCUT2D eigenvalue weighted by Crippen LogP contribution is -2.68. The lowest BCUT2D eigenvalue weighted by Gasteiger charge is -2.55. The maximum atomic E-state index is 15.5. The molecule has 5 rings (SSSR count). The van der Waals surface area contributed by atoms with Crippen LogP contribution in [0.1, 0.15) is 100 Å². The van der Waals surface area contributed by atoms with Gasteiger partial charge in [0.25, 0.3) is 5.88 Å². The van der Waals surface area contributed by atoms with Crippen LogP contribution in [0.5, 0.6) is 17.4 Å². The number of carbonyl (C=O) groups is 2. The van der Waals surface area contributed by atoms with Crippen molar-refractivity contribution in [3.63, 3.8) is 0 Å². The second-order valence-corrected chi connectivity index (χ2v) is 19.9. The summed E-state index contributed by atoms with van der Waals surface area (Å²) in [4.78, 5) is 32.6. The minimum absolute atomic E-state index is 0.0678. The largest absolute Gasteiger partial charge is 0.507 e. The van der Waals surface area contributed by atoms with Gasteiger partial charge in [-0.1, -0.05) is 47.5 Å². The molecule has 1 fully saturated rings. The van der Waals surface area contributed by atoms with Crippen molar-refractivity contribution in [1.82, 2.24) is 10.1 Å². The van der Waals surface area contributed by atoms with Crippen LogP contribution in [0.25, 0.3) is 5.76 Å². The normalized spacial score (nSPS) is 23.9. The van der Waals surface area contributed by atoms with Crippen LogP contribution >= 0.6 is 0 Å². The van der Waals surface area contributed by atoms with Crippen LogP contribution in [0.15, 0.2) is 16.2 Å². The number of ether oxygens (including phenoxy) is 3. The molecule has 1 heterocycles. The molecule has 0 saturated heterocycles. The van der Waals surface area contributed by atoms with Gasteiger partial charge in [0.2, 0.25) is 11.6 Å². The first-order valence-electron chi connectivity index (χ1n) is 17.2. The topological polar surface area (TPSA) is 147 Å². The highest BCUT2D eigenvalue weighted by Gasteiger charge is 2.69. The molecular weight excluding hydrogens is 630 g/mol. The lowest BCUT2D eigenvalue weighted by atomic mass is 9.57. The van der Waals surface area contributed by atoms with Crippen LogP contribution in [-0.4, -0.2) is 75.1 Å². The second kappa shape index (κ2) is 13.2. The zero-order valence-electron chi connectivity index (χ0n) is 30.2. The predicted molar refractivity (Wildman–Crippen MR) is 186 cm³/mol. The Bertz CT molecular complexity index is 1610. The molecule has 0 amide bonds. The number of hydrogen-bond acceptors (Lipinski definition) is 11. The molecule has 11 nitrogen and oxygen atoms in total. The number of nitrogen functional groups attached to an aromatic ring is 1. The number of aromatic nitrogens is 1. The van der Waals surface area contributed by atoms with Gasteiger partial charge in [-0.3, -0.25) is 14.5 Å². The van der Waals surface area contributed by atoms with Crippen molar-refractivity contribution in [3.05, 3.63) is 34.1 Å². The SMILES string of the molecule is CCCCOc1noc2c1C(=O)[C@@]1(O[Si](C)(C)C(C)(C)C)C(=O)C3=C(O)c4c(c(OC)cc(N)c4OCCCC)C[C@H]3C[C@H]1[C@@H]2N(C)C. The Balaban J connectivity index is 1.79. The number of benzene rings is 1. The molecule has 3 aliphatic carbocycles. The van der Waals surface area contributed by atoms with Gasteiger partial charge in [0.1, 0.15) is 17.1 Å². The Kier molecular flexibility index (Phi) is 9.86. The smallest absolute Gasteiger partial charge is 0.265 e. The summed E-state index contributed by atoms with van der Waals surface area (Å²) in [5.74, 6) is -1.14. The van der Waals surface area contributed by atoms with Gasteiger partial charge in [0.15, 0.2) is 25.4 Å². The van der Waals surface area contributed by atoms with Crippen molar-refractivity contribution in [2.45, 2.75) is 103 Å². The summed E-state index contributed by atoms with van der Waals surface area (Å²) < 4.78 is 31.0. The van der Waals surface area contributed by atoms with Gasteiger partial charge in [-0.25, -0.2) is 0 Å². The van der Waals surface area contributed by atoms with Crippen molar-refractivity contribution in [2.75, 3.05) is 40.2 Å². The van der Waals surface area contributed by atoms with Gasteiger partial charge in [-0.15, -0.1) is 0 Å². The molecule has 48 heavy (non-hydrogen) atoms. The van der Waals surface area contributed by atoms with E-state index in [1.807, 2.05) is 39.0 Å². The monoisotopic (exact) mass is 683 g/mol. The van der Waals surface area contributed by atoms with E-state index in [0.717, 1.165) is 25.7 Å². The van der Waals surface area contributed by atoms with Gasteiger partial charge in [-0.2, -0.15) is 0 Å². The third-order valence-electron chi connectivity index (χ3n) is 10.7. The van der Waals surface area contributed by atoms with E-state index in [4.69, 9.17) is 28.9 Å². The molecule has 0 unspecified atom stereocenters. The van der Waals surface area contributed by atoms with Gasteiger partial charge in [0, 0.05) is 23.1 Å². The van der Waals surface area contributed by atoms with E-state index in [9.17, 15) is 5.11 Å². The number of methoxy groups -OCH3 is 1. The van der Waals surface area contributed by atoms with Crippen molar-refractivity contribution in [1.29, 1.82) is 0 Å². The Morgan fingerprint density at radius 1 is 1.08 bits per heavy atom. The Morgan fingerprint density at radius 3 is 2.31 bits per heavy atom. The van der Waals surface area contributed by atoms with E-state index in [1.54, 1.807) is 13.2 Å². The zero-order valence-corrected chi connectivity index (χ0v) is 31.2. The molecule has 0 bridgehead atoms. The first kappa shape index (κ1) is 35.9. The number of nitrogens with two attached hydrogens (primary N) is 1. The van der Waals surface area contributed by atoms with Crippen LogP contribution in [0.4, 0.5) is 5.69 Å². The average Bonchev–Trinajstić information content (AvgIpc) is 3.42. The van der Waals surface area contributed by atoms with Crippen molar-refractivity contribution in [3.8, 4) is 17.4 Å². The lowest BCUT2D eigenvalue weighted by molar-refractivity contribution is -0.140. The fourth-order valence-corrected chi connectivity index (χ4v) is 8.69. The first-order valence-corrected chi connectivity index (χ1v) is 20.1. The summed E-state index contributed by atoms with van der Waals surface area (Å²) in [5.41, 5.74) is 6.17. The zero-order chi connectivity index (χ0) is 35.3. The fourth-order valence-electron chi connectivity index (χ4n) is 7.24. The molecule has 12 heteroatoms. The minimum Gasteiger partial charge on any atom is -0.507 e. The summed E-state index contributed by atoms with van der Waals surface area (Å²) in [6.07, 6.45) is 4.09. The third-order valence-corrected chi connectivity index (χ3v) is 15.2. The third kappa shape index (κ3) is 5.63. The van der Waals surface area contributed by atoms with E-state index < -0.39 is 43.4 Å². The van der Waals surface area contributed by atoms with E-state index in [-0.39, 0.29) is 27.8 Å². The van der Waals surface area contributed by atoms with E-state index >= 15 is 9.59 Å². The quantitative estimate of drug-likeness (QED) is 0.104. The summed E-state index contributed by atoms with van der Waals surface area (Å²) in [6, 6.07) is 1.18. The van der Waals surface area contributed by atoms with Crippen molar-refractivity contribution >= 4 is 31.3 Å². The Hall–Kier alpha value is -3.35. The average molecular weight is 684 g/mol. The van der Waals surface area contributed by atoms with Crippen LogP contribution in [-0.2, 0) is 15.6 Å². The molecule has 1 aromatic carbocycles. The molecule has 1 saturated carbocycles. The highest BCUT2D eigenvalue weighted by atomic mass is 28.4. The number of nitrogens with zero attached hydrogens (tertiary/aromatic N) is 2. The van der Waals surface area contributed by atoms with Gasteiger partial charge in [-0.05, 0) is 69.0 Å². The molecule has 264 valence electrons. The minimum atomic E-state index is -2.83. The summed E-state index contributed by atoms with van der Waals surface area (Å²) in [5, 5.41) is 16.1. The van der Waals surface area contributed by atoms with Crippen LogP contribution in [0, 0.1) is 11.8 Å². The molecule has 1 aromatic heterocycles. The number of aliphatic hydroxyl groups is 1. The standard InChI is InChI=1S/C36H53N3O8Si/c1-11-13-15-44-30-23(37)19-24(43-8)21-17-20-18-22-28(39(6)7)31-27(34(38-46-31)45-16-14-12-2)33(42)36(22,47-48(9,10)35(3,4)5)32(41)25(20)29(40)26(21)30/h19-20,22,28,40H,11-18,37H2,1-10H3/t20-,22-,28-,36-/m0/s1. The second-order valence-electron chi connectivity index (χ2n) is 15.2. The number of Topliss-reactive ketones (excluding diaryl/α,β-unsaturated/α-hetero) is 2. The number of ketones is 2. The van der Waals surface area contributed by atoms with Crippen LogP contribution < -0.4 is 19.9 Å². The summed E-state index contributed by atoms with van der Waals surface area (Å²) >= 11 is 0. The fraction of sp³-hybridized carbons (Fsp3) is 0.639. The summed E-state index contributed by atoms with van der Waals surface area (Å²) in [7, 11) is 2.52. The predicted octanol–water partition coefficient (Wildman–Crippen LogP) is 6.91.